The van der Waals surface area contributed by atoms with Crippen LogP contribution in [-0.2, 0) is 13.1 Å². The third-order valence-electron chi connectivity index (χ3n) is 5.01. The second kappa shape index (κ2) is 6.11. The summed E-state index contributed by atoms with van der Waals surface area (Å²) in [6.45, 7) is 3.56. The molecule has 0 unspecified atom stereocenters. The van der Waals surface area contributed by atoms with E-state index in [2.05, 4.69) is 21.9 Å². The molecule has 0 saturated heterocycles. The van der Waals surface area contributed by atoms with E-state index in [4.69, 9.17) is 10.8 Å². The van der Waals surface area contributed by atoms with E-state index < -0.39 is 0 Å². The van der Waals surface area contributed by atoms with Crippen LogP contribution in [0.3, 0.4) is 0 Å². The third kappa shape index (κ3) is 2.58. The Morgan fingerprint density at radius 2 is 1.08 bits per heavy atom. The average Bonchev–Trinajstić information content (AvgIpc) is 3.10. The molecule has 4 nitrogen and oxygen atoms in total. The highest BCUT2D eigenvalue weighted by atomic mass is 15.2. The zero-order valence-electron chi connectivity index (χ0n) is 13.8. The summed E-state index contributed by atoms with van der Waals surface area (Å²) in [6.07, 6.45) is 2.10. The number of unbranched alkanes of at least 4 members (excludes halogenated alkanes) is 1. The molecule has 0 saturated carbocycles. The Labute approximate surface area is 142 Å². The normalized spacial score (nSPS) is 15.8. The quantitative estimate of drug-likeness (QED) is 0.830. The summed E-state index contributed by atoms with van der Waals surface area (Å²) in [5.41, 5.74) is 4.68. The van der Waals surface area contributed by atoms with Crippen LogP contribution >= 0.6 is 0 Å². The third-order valence-corrected chi connectivity index (χ3v) is 5.01. The van der Waals surface area contributed by atoms with E-state index in [1.54, 1.807) is 0 Å². The van der Waals surface area contributed by atoms with Crippen molar-refractivity contribution < 1.29 is 0 Å². The molecule has 122 valence electrons. The highest BCUT2D eigenvalue weighted by molar-refractivity contribution is 6.00. The first-order valence-electron chi connectivity index (χ1n) is 8.57. The first-order valence-corrected chi connectivity index (χ1v) is 8.57. The fourth-order valence-electron chi connectivity index (χ4n) is 3.68. The molecule has 0 atom stereocenters. The molecule has 0 bridgehead atoms. The molecule has 0 fully saturated rings. The Morgan fingerprint density at radius 1 is 0.667 bits per heavy atom. The van der Waals surface area contributed by atoms with Gasteiger partial charge in [-0.1, -0.05) is 48.5 Å². The number of nitrogens with one attached hydrogen (secondary N) is 2. The monoisotopic (exact) mass is 318 g/mol. The number of fused-ring (bicyclic) bond motifs is 2. The van der Waals surface area contributed by atoms with Gasteiger partial charge < -0.3 is 9.80 Å². The van der Waals surface area contributed by atoms with Gasteiger partial charge in [0.25, 0.3) is 0 Å². The van der Waals surface area contributed by atoms with Crippen LogP contribution in [0.4, 0.5) is 0 Å². The van der Waals surface area contributed by atoms with Crippen LogP contribution in [0.15, 0.2) is 48.5 Å². The second-order valence-electron chi connectivity index (χ2n) is 6.56. The van der Waals surface area contributed by atoms with Crippen LogP contribution in [0.25, 0.3) is 0 Å². The SMILES string of the molecule is N=C1c2ccccc2CN1CCCCN1Cc2ccccc2C1=N. The first-order chi connectivity index (χ1) is 11.7. The largest absolute Gasteiger partial charge is 0.352 e. The van der Waals surface area contributed by atoms with Crippen LogP contribution in [-0.4, -0.2) is 34.6 Å². The van der Waals surface area contributed by atoms with Gasteiger partial charge in [-0.3, -0.25) is 10.8 Å². The van der Waals surface area contributed by atoms with Crippen molar-refractivity contribution in [3.05, 3.63) is 70.8 Å². The van der Waals surface area contributed by atoms with Gasteiger partial charge in [-0.25, -0.2) is 0 Å². The molecular formula is C20H22N4. The van der Waals surface area contributed by atoms with Gasteiger partial charge in [-0.05, 0) is 24.0 Å². The lowest BCUT2D eigenvalue weighted by Gasteiger charge is -2.20. The minimum atomic E-state index is 0.659. The van der Waals surface area contributed by atoms with E-state index in [1.807, 2.05) is 36.4 Å². The molecule has 2 aromatic carbocycles. The van der Waals surface area contributed by atoms with Crippen molar-refractivity contribution in [1.82, 2.24) is 9.80 Å². The first kappa shape index (κ1) is 14.9. The maximum Gasteiger partial charge on any atom is 0.128 e. The van der Waals surface area contributed by atoms with Crippen LogP contribution < -0.4 is 0 Å². The molecule has 0 spiro atoms. The smallest absolute Gasteiger partial charge is 0.128 e. The molecular weight excluding hydrogens is 296 g/mol. The zero-order chi connectivity index (χ0) is 16.5. The summed E-state index contributed by atoms with van der Waals surface area (Å²) >= 11 is 0. The Hall–Kier alpha value is -2.62. The van der Waals surface area contributed by atoms with Crippen LogP contribution in [0.5, 0.6) is 0 Å². The van der Waals surface area contributed by atoms with Gasteiger partial charge in [0.2, 0.25) is 0 Å². The Kier molecular flexibility index (Phi) is 3.81. The summed E-state index contributed by atoms with van der Waals surface area (Å²) in [7, 11) is 0. The van der Waals surface area contributed by atoms with Gasteiger partial charge >= 0.3 is 0 Å². The van der Waals surface area contributed by atoms with Crippen molar-refractivity contribution in [3.63, 3.8) is 0 Å². The van der Waals surface area contributed by atoms with Crippen molar-refractivity contribution in [3.8, 4) is 0 Å². The van der Waals surface area contributed by atoms with Gasteiger partial charge in [0.15, 0.2) is 0 Å². The van der Waals surface area contributed by atoms with E-state index in [0.29, 0.717) is 11.7 Å². The van der Waals surface area contributed by atoms with Crippen LogP contribution in [0.2, 0.25) is 0 Å². The van der Waals surface area contributed by atoms with Crippen LogP contribution in [0, 0.1) is 10.8 Å². The molecule has 0 aliphatic carbocycles. The minimum Gasteiger partial charge on any atom is -0.352 e. The van der Waals surface area contributed by atoms with E-state index in [-0.39, 0.29) is 0 Å². The summed E-state index contributed by atoms with van der Waals surface area (Å²) in [5.74, 6) is 1.32. The Balaban J connectivity index is 1.27. The van der Waals surface area contributed by atoms with Crippen LogP contribution in [0.1, 0.15) is 35.1 Å². The zero-order valence-corrected chi connectivity index (χ0v) is 13.8. The van der Waals surface area contributed by atoms with Crippen molar-refractivity contribution in [2.45, 2.75) is 25.9 Å². The average molecular weight is 318 g/mol. The van der Waals surface area contributed by atoms with Crippen molar-refractivity contribution in [2.24, 2.45) is 0 Å². The maximum absolute atomic E-state index is 8.29. The molecule has 4 rings (SSSR count). The number of nitrogens with zero attached hydrogens (tertiary/aromatic N) is 2. The number of hydrogen-bond acceptors (Lipinski definition) is 2. The van der Waals surface area contributed by atoms with Gasteiger partial charge in [0.1, 0.15) is 11.7 Å². The number of benzene rings is 2. The van der Waals surface area contributed by atoms with Gasteiger partial charge in [-0.2, -0.15) is 0 Å². The molecule has 2 N–H and O–H groups in total. The minimum absolute atomic E-state index is 0.659. The van der Waals surface area contributed by atoms with Crippen molar-refractivity contribution in [1.29, 1.82) is 10.8 Å². The molecule has 2 aliphatic rings. The summed E-state index contributed by atoms with van der Waals surface area (Å²) < 4.78 is 0. The molecule has 4 heteroatoms. The van der Waals surface area contributed by atoms with Crippen molar-refractivity contribution in [2.75, 3.05) is 13.1 Å². The lowest BCUT2D eigenvalue weighted by atomic mass is 10.1. The van der Waals surface area contributed by atoms with Gasteiger partial charge in [0, 0.05) is 37.3 Å². The lowest BCUT2D eigenvalue weighted by molar-refractivity contribution is 0.372. The maximum atomic E-state index is 8.29. The Morgan fingerprint density at radius 3 is 1.50 bits per heavy atom. The fourth-order valence-corrected chi connectivity index (χ4v) is 3.68. The molecule has 2 aliphatic heterocycles. The molecule has 0 aromatic heterocycles. The van der Waals surface area contributed by atoms with Gasteiger partial charge in [0.05, 0.1) is 0 Å². The number of amidine groups is 2. The predicted molar refractivity (Wildman–Crippen MR) is 96.6 cm³/mol. The second-order valence-corrected chi connectivity index (χ2v) is 6.56. The molecule has 24 heavy (non-hydrogen) atoms. The fraction of sp³-hybridized carbons (Fsp3) is 0.300. The molecule has 2 aromatic rings. The predicted octanol–water partition coefficient (Wildman–Crippen LogP) is 3.45. The van der Waals surface area contributed by atoms with Gasteiger partial charge in [-0.15, -0.1) is 0 Å². The molecule has 0 amide bonds. The van der Waals surface area contributed by atoms with E-state index in [0.717, 1.165) is 50.1 Å². The van der Waals surface area contributed by atoms with E-state index in [9.17, 15) is 0 Å². The number of hydrogen-bond donors (Lipinski definition) is 2. The standard InChI is InChI=1S/C20H22N4/c21-19-17-9-3-1-7-15(17)13-23(19)11-5-6-12-24-14-16-8-2-4-10-18(16)20(24)22/h1-4,7-10,21-22H,5-6,11-14H2. The molecule has 0 radical (unpaired) electrons. The van der Waals surface area contributed by atoms with E-state index >= 15 is 0 Å². The Bertz CT molecular complexity index is 728. The summed E-state index contributed by atoms with van der Waals surface area (Å²) in [5, 5.41) is 16.6. The summed E-state index contributed by atoms with van der Waals surface area (Å²) in [6, 6.07) is 16.4. The highest BCUT2D eigenvalue weighted by Gasteiger charge is 2.24. The van der Waals surface area contributed by atoms with Crippen molar-refractivity contribution >= 4 is 11.7 Å². The highest BCUT2D eigenvalue weighted by Crippen LogP contribution is 2.24. The van der Waals surface area contributed by atoms with E-state index in [1.165, 1.54) is 11.1 Å². The topological polar surface area (TPSA) is 54.2 Å². The lowest BCUT2D eigenvalue weighted by Crippen LogP contribution is -2.28. The molecule has 2 heterocycles. The summed E-state index contributed by atoms with van der Waals surface area (Å²) in [4.78, 5) is 4.32. The number of rotatable bonds is 5.